The van der Waals surface area contributed by atoms with Crippen molar-refractivity contribution >= 4 is 23.5 Å². The number of nitrogens with zero attached hydrogens (tertiary/aromatic N) is 1. The smallest absolute Gasteiger partial charge is 0.325 e. The van der Waals surface area contributed by atoms with Crippen LogP contribution in [0, 0.1) is 6.92 Å². The van der Waals surface area contributed by atoms with Crippen LogP contribution in [0.5, 0.6) is 5.75 Å². The Bertz CT molecular complexity index is 516. The number of hydrogen-bond acceptors (Lipinski definition) is 4. The summed E-state index contributed by atoms with van der Waals surface area (Å²) >= 11 is 6.00. The molecule has 0 aliphatic heterocycles. The fraction of sp³-hybridized carbons (Fsp3) is 0.467. The highest BCUT2D eigenvalue weighted by molar-refractivity contribution is 6.32. The first kappa shape index (κ1) is 17.3. The zero-order chi connectivity index (χ0) is 16.0. The van der Waals surface area contributed by atoms with E-state index in [1.165, 1.54) is 12.0 Å². The highest BCUT2D eigenvalue weighted by Crippen LogP contribution is 2.25. The van der Waals surface area contributed by atoms with Crippen molar-refractivity contribution in [2.24, 2.45) is 0 Å². The molecule has 21 heavy (non-hydrogen) atoms. The molecule has 0 radical (unpaired) electrons. The van der Waals surface area contributed by atoms with E-state index in [1.54, 1.807) is 12.1 Å². The van der Waals surface area contributed by atoms with Crippen LogP contribution in [0.25, 0.3) is 0 Å². The van der Waals surface area contributed by atoms with Gasteiger partial charge in [-0.1, -0.05) is 17.7 Å². The lowest BCUT2D eigenvalue weighted by Crippen LogP contribution is -2.43. The van der Waals surface area contributed by atoms with Crippen LogP contribution >= 0.6 is 11.6 Å². The van der Waals surface area contributed by atoms with Gasteiger partial charge < -0.3 is 14.4 Å². The van der Waals surface area contributed by atoms with Crippen LogP contribution in [0.4, 0.5) is 0 Å². The summed E-state index contributed by atoms with van der Waals surface area (Å²) in [7, 11) is 1.29. The molecular weight excluding hydrogens is 294 g/mol. The van der Waals surface area contributed by atoms with Crippen LogP contribution in [0.3, 0.4) is 0 Å². The highest BCUT2D eigenvalue weighted by Gasteiger charge is 2.21. The number of hydrogen-bond donors (Lipinski definition) is 0. The van der Waals surface area contributed by atoms with Crippen LogP contribution in [0.1, 0.15) is 19.4 Å². The Hall–Kier alpha value is -1.75. The molecule has 0 bridgehead atoms. The SMILES string of the molecule is COC(=O)CN(C(=O)COc1cc(C)ccc1Cl)C(C)C. The number of carbonyl (C=O) groups is 2. The second-order valence-corrected chi connectivity index (χ2v) is 5.32. The van der Waals surface area contributed by atoms with Crippen molar-refractivity contribution in [1.82, 2.24) is 4.90 Å². The van der Waals surface area contributed by atoms with Crippen LogP contribution in [-0.4, -0.2) is 43.1 Å². The lowest BCUT2D eigenvalue weighted by Gasteiger charge is -2.25. The molecule has 5 nitrogen and oxygen atoms in total. The molecule has 0 saturated carbocycles. The summed E-state index contributed by atoms with van der Waals surface area (Å²) in [6.07, 6.45) is 0. The average molecular weight is 314 g/mol. The minimum Gasteiger partial charge on any atom is -0.482 e. The molecule has 1 amide bonds. The number of rotatable bonds is 6. The molecular formula is C15H20ClNO4. The summed E-state index contributed by atoms with van der Waals surface area (Å²) in [4.78, 5) is 24.9. The van der Waals surface area contributed by atoms with Crippen molar-refractivity contribution in [3.05, 3.63) is 28.8 Å². The number of ether oxygens (including phenoxy) is 2. The quantitative estimate of drug-likeness (QED) is 0.757. The van der Waals surface area contributed by atoms with Gasteiger partial charge in [-0.05, 0) is 38.5 Å². The maximum Gasteiger partial charge on any atom is 0.325 e. The van der Waals surface area contributed by atoms with Gasteiger partial charge in [0.1, 0.15) is 12.3 Å². The largest absolute Gasteiger partial charge is 0.482 e. The van der Waals surface area contributed by atoms with Crippen LogP contribution in [0.2, 0.25) is 5.02 Å². The molecule has 0 heterocycles. The number of esters is 1. The Morgan fingerprint density at radius 1 is 1.33 bits per heavy atom. The van der Waals surface area contributed by atoms with Crippen LogP contribution < -0.4 is 4.74 Å². The third kappa shape index (κ3) is 5.27. The predicted octanol–water partition coefficient (Wildman–Crippen LogP) is 2.44. The van der Waals surface area contributed by atoms with E-state index < -0.39 is 5.97 Å². The van der Waals surface area contributed by atoms with E-state index in [0.29, 0.717) is 10.8 Å². The van der Waals surface area contributed by atoms with Crippen molar-refractivity contribution in [3.63, 3.8) is 0 Å². The van der Waals surface area contributed by atoms with E-state index in [-0.39, 0.29) is 25.1 Å². The Morgan fingerprint density at radius 3 is 2.57 bits per heavy atom. The molecule has 1 rings (SSSR count). The molecule has 0 saturated heterocycles. The van der Waals surface area contributed by atoms with Crippen LogP contribution in [-0.2, 0) is 14.3 Å². The van der Waals surface area contributed by atoms with Gasteiger partial charge in [0.2, 0.25) is 0 Å². The predicted molar refractivity (Wildman–Crippen MR) is 80.5 cm³/mol. The molecule has 116 valence electrons. The molecule has 0 fully saturated rings. The summed E-state index contributed by atoms with van der Waals surface area (Å²) < 4.78 is 10.0. The third-order valence-corrected chi connectivity index (χ3v) is 3.22. The lowest BCUT2D eigenvalue weighted by molar-refractivity contribution is -0.149. The Labute approximate surface area is 129 Å². The van der Waals surface area contributed by atoms with Gasteiger partial charge >= 0.3 is 5.97 Å². The first-order valence-electron chi connectivity index (χ1n) is 6.60. The van der Waals surface area contributed by atoms with E-state index in [0.717, 1.165) is 5.56 Å². The maximum atomic E-state index is 12.2. The molecule has 0 aliphatic carbocycles. The van der Waals surface area contributed by atoms with Crippen molar-refractivity contribution in [3.8, 4) is 5.75 Å². The number of aryl methyl sites for hydroxylation is 1. The van der Waals surface area contributed by atoms with Gasteiger partial charge in [0.15, 0.2) is 6.61 Å². The summed E-state index contributed by atoms with van der Waals surface area (Å²) in [5.41, 5.74) is 0.983. The van der Waals surface area contributed by atoms with Crippen molar-refractivity contribution in [1.29, 1.82) is 0 Å². The normalized spacial score (nSPS) is 10.4. The van der Waals surface area contributed by atoms with Gasteiger partial charge in [0, 0.05) is 6.04 Å². The second kappa shape index (κ2) is 7.88. The topological polar surface area (TPSA) is 55.8 Å². The van der Waals surface area contributed by atoms with Crippen molar-refractivity contribution in [2.45, 2.75) is 26.8 Å². The molecule has 0 unspecified atom stereocenters. The highest BCUT2D eigenvalue weighted by atomic mass is 35.5. The molecule has 0 spiro atoms. The summed E-state index contributed by atoms with van der Waals surface area (Å²) in [6.45, 7) is 5.26. The second-order valence-electron chi connectivity index (χ2n) is 4.91. The average Bonchev–Trinajstić information content (AvgIpc) is 2.44. The number of carbonyl (C=O) groups excluding carboxylic acids is 2. The van der Waals surface area contributed by atoms with Crippen molar-refractivity contribution < 1.29 is 19.1 Å². The fourth-order valence-electron chi connectivity index (χ4n) is 1.71. The number of benzene rings is 1. The monoisotopic (exact) mass is 313 g/mol. The molecule has 0 atom stereocenters. The number of halogens is 1. The third-order valence-electron chi connectivity index (χ3n) is 2.91. The van der Waals surface area contributed by atoms with Gasteiger partial charge in [0.25, 0.3) is 5.91 Å². The van der Waals surface area contributed by atoms with Gasteiger partial charge in [-0.3, -0.25) is 9.59 Å². The van der Waals surface area contributed by atoms with Gasteiger partial charge in [0.05, 0.1) is 12.1 Å². The van der Waals surface area contributed by atoms with E-state index in [4.69, 9.17) is 16.3 Å². The maximum absolute atomic E-state index is 12.2. The Kier molecular flexibility index (Phi) is 6.49. The first-order valence-corrected chi connectivity index (χ1v) is 6.98. The summed E-state index contributed by atoms with van der Waals surface area (Å²) in [6, 6.07) is 5.20. The Morgan fingerprint density at radius 2 is 2.00 bits per heavy atom. The Balaban J connectivity index is 2.69. The molecule has 0 aromatic heterocycles. The summed E-state index contributed by atoms with van der Waals surface area (Å²) in [5, 5.41) is 0.442. The minimum atomic E-state index is -0.467. The number of amides is 1. The zero-order valence-electron chi connectivity index (χ0n) is 12.7. The zero-order valence-corrected chi connectivity index (χ0v) is 13.4. The fourth-order valence-corrected chi connectivity index (χ4v) is 1.88. The first-order chi connectivity index (χ1) is 9.85. The molecule has 0 aliphatic rings. The van der Waals surface area contributed by atoms with E-state index in [9.17, 15) is 9.59 Å². The lowest BCUT2D eigenvalue weighted by atomic mass is 10.2. The van der Waals surface area contributed by atoms with Crippen LogP contribution in [0.15, 0.2) is 18.2 Å². The van der Waals surface area contributed by atoms with Gasteiger partial charge in [-0.15, -0.1) is 0 Å². The standard InChI is InChI=1S/C15H20ClNO4/c1-10(2)17(8-15(19)20-4)14(18)9-21-13-7-11(3)5-6-12(13)16/h5-7,10H,8-9H2,1-4H3. The van der Waals surface area contributed by atoms with Gasteiger partial charge in [-0.25, -0.2) is 0 Å². The summed E-state index contributed by atoms with van der Waals surface area (Å²) in [5.74, 6) is -0.314. The van der Waals surface area contributed by atoms with Crippen molar-refractivity contribution in [2.75, 3.05) is 20.3 Å². The molecule has 1 aromatic rings. The van der Waals surface area contributed by atoms with Gasteiger partial charge in [-0.2, -0.15) is 0 Å². The molecule has 6 heteroatoms. The molecule has 1 aromatic carbocycles. The minimum absolute atomic E-state index is 0.0993. The van der Waals surface area contributed by atoms with E-state index in [1.807, 2.05) is 26.8 Å². The van der Waals surface area contributed by atoms with E-state index >= 15 is 0 Å². The number of methoxy groups -OCH3 is 1. The molecule has 0 N–H and O–H groups in total. The van der Waals surface area contributed by atoms with E-state index in [2.05, 4.69) is 4.74 Å².